The number of anilines is 1. The van der Waals surface area contributed by atoms with Crippen LogP contribution in [0.5, 0.6) is 0 Å². The molecule has 4 aromatic rings. The zero-order valence-corrected chi connectivity index (χ0v) is 23.3. The molecule has 0 heterocycles. The van der Waals surface area contributed by atoms with Crippen molar-refractivity contribution in [3.63, 3.8) is 0 Å². The highest BCUT2D eigenvalue weighted by atomic mass is 35.5. The quantitative estimate of drug-likeness (QED) is 0.227. The number of nitriles is 2. The Hall–Kier alpha value is -2.55. The third kappa shape index (κ3) is 6.67. The highest BCUT2D eigenvalue weighted by Gasteiger charge is 2.18. The van der Waals surface area contributed by atoms with Crippen LogP contribution < -0.4 is 5.32 Å². The first-order valence-corrected chi connectivity index (χ1v) is 13.7. The minimum absolute atomic E-state index is 0.209. The molecule has 4 rings (SSSR count). The molecular weight excluding hydrogens is 591 g/mol. The molecule has 10 heteroatoms. The summed E-state index contributed by atoms with van der Waals surface area (Å²) in [6.45, 7) is 0.209. The molecule has 4 aromatic carbocycles. The third-order valence-corrected chi connectivity index (χ3v) is 8.83. The van der Waals surface area contributed by atoms with Gasteiger partial charge in [0.2, 0.25) is 0 Å². The molecule has 0 aliphatic rings. The molecule has 1 N–H and O–H groups in total. The average molecular weight is 605 g/mol. The molecule has 37 heavy (non-hydrogen) atoms. The molecule has 0 fully saturated rings. The number of hydrogen-bond acceptors (Lipinski definition) is 5. The van der Waals surface area contributed by atoms with Crippen LogP contribution in [-0.4, -0.2) is 0 Å². The van der Waals surface area contributed by atoms with E-state index in [2.05, 4.69) is 5.32 Å². The number of benzene rings is 4. The molecule has 0 saturated carbocycles. The van der Waals surface area contributed by atoms with Crippen LogP contribution in [0.15, 0.2) is 86.3 Å². The van der Waals surface area contributed by atoms with Crippen molar-refractivity contribution in [2.24, 2.45) is 0 Å². The number of hydrogen-bond donors (Lipinski definition) is 1. The minimum atomic E-state index is -0.465. The van der Waals surface area contributed by atoms with E-state index < -0.39 is 5.82 Å². The van der Waals surface area contributed by atoms with Crippen molar-refractivity contribution in [1.82, 2.24) is 0 Å². The maximum Gasteiger partial charge on any atom is 0.138 e. The molecule has 0 radical (unpaired) electrons. The van der Waals surface area contributed by atoms with Crippen LogP contribution in [-0.2, 0) is 6.54 Å². The van der Waals surface area contributed by atoms with Gasteiger partial charge in [-0.1, -0.05) is 76.0 Å². The summed E-state index contributed by atoms with van der Waals surface area (Å²) >= 11 is 27.5. The Morgan fingerprint density at radius 3 is 2.03 bits per heavy atom. The standard InChI is InChI=1S/C27H14Cl4FN3S2/c28-17-4-6-20(30)24(10-17)36-26-9-15(14-35-23-3-1-2-16(12-33)19(23)13-34)8-22(32)27(26)37-25-11-18(29)5-7-21(25)31/h1-11,35H,14H2. The van der Waals surface area contributed by atoms with Gasteiger partial charge in [0.05, 0.1) is 31.8 Å². The first-order chi connectivity index (χ1) is 17.8. The van der Waals surface area contributed by atoms with Gasteiger partial charge in [0.25, 0.3) is 0 Å². The van der Waals surface area contributed by atoms with E-state index in [1.807, 2.05) is 18.2 Å². The summed E-state index contributed by atoms with van der Waals surface area (Å²) in [5.74, 6) is -0.465. The average Bonchev–Trinajstić information content (AvgIpc) is 2.88. The molecule has 0 aliphatic carbocycles. The fraction of sp³-hybridized carbons (Fsp3) is 0.0370. The van der Waals surface area contributed by atoms with Crippen LogP contribution in [0.2, 0.25) is 20.1 Å². The lowest BCUT2D eigenvalue weighted by molar-refractivity contribution is 0.591. The highest BCUT2D eigenvalue weighted by Crippen LogP contribution is 2.45. The summed E-state index contributed by atoms with van der Waals surface area (Å²) in [6.07, 6.45) is 0. The number of rotatable bonds is 7. The smallest absolute Gasteiger partial charge is 0.138 e. The van der Waals surface area contributed by atoms with Crippen LogP contribution in [0, 0.1) is 28.5 Å². The van der Waals surface area contributed by atoms with Crippen molar-refractivity contribution >= 4 is 75.6 Å². The van der Waals surface area contributed by atoms with Crippen LogP contribution in [0.25, 0.3) is 0 Å². The van der Waals surface area contributed by atoms with Crippen LogP contribution in [0.4, 0.5) is 10.1 Å². The van der Waals surface area contributed by atoms with Crippen LogP contribution >= 0.6 is 69.9 Å². The van der Waals surface area contributed by atoms with E-state index in [1.54, 1.807) is 54.6 Å². The van der Waals surface area contributed by atoms with Crippen LogP contribution in [0.1, 0.15) is 16.7 Å². The number of nitrogens with one attached hydrogen (secondary N) is 1. The second-order valence-electron chi connectivity index (χ2n) is 7.56. The van der Waals surface area contributed by atoms with Crippen molar-refractivity contribution in [1.29, 1.82) is 10.5 Å². The first kappa shape index (κ1) is 27.5. The zero-order chi connectivity index (χ0) is 26.5. The topological polar surface area (TPSA) is 59.6 Å². The Morgan fingerprint density at radius 2 is 1.41 bits per heavy atom. The molecular formula is C27H14Cl4FN3S2. The molecule has 0 aromatic heterocycles. The first-order valence-electron chi connectivity index (χ1n) is 10.5. The van der Waals surface area contributed by atoms with Crippen molar-refractivity contribution in [3.8, 4) is 12.1 Å². The van der Waals surface area contributed by atoms with Gasteiger partial charge < -0.3 is 5.32 Å². The fourth-order valence-electron chi connectivity index (χ4n) is 3.35. The molecule has 3 nitrogen and oxygen atoms in total. The summed E-state index contributed by atoms with van der Waals surface area (Å²) in [6, 6.07) is 22.3. The SMILES string of the molecule is N#Cc1cccc(NCc2cc(F)c(Sc3cc(Cl)ccc3Cl)c(Sc3cc(Cl)ccc3Cl)c2)c1C#N. The second kappa shape index (κ2) is 12.3. The van der Waals surface area contributed by atoms with Crippen molar-refractivity contribution in [2.75, 3.05) is 5.32 Å². The van der Waals surface area contributed by atoms with Gasteiger partial charge >= 0.3 is 0 Å². The molecule has 0 saturated heterocycles. The van der Waals surface area contributed by atoms with Crippen LogP contribution in [0.3, 0.4) is 0 Å². The minimum Gasteiger partial charge on any atom is -0.380 e. The lowest BCUT2D eigenvalue weighted by atomic mass is 10.1. The van der Waals surface area contributed by atoms with Crippen molar-refractivity contribution in [2.45, 2.75) is 26.1 Å². The second-order valence-corrected chi connectivity index (χ2v) is 11.4. The van der Waals surface area contributed by atoms with Gasteiger partial charge in [-0.15, -0.1) is 0 Å². The lowest BCUT2D eigenvalue weighted by Crippen LogP contribution is -2.04. The van der Waals surface area contributed by atoms with Gasteiger partial charge in [-0.2, -0.15) is 10.5 Å². The van der Waals surface area contributed by atoms with E-state index in [-0.39, 0.29) is 17.7 Å². The van der Waals surface area contributed by atoms with Gasteiger partial charge in [-0.3, -0.25) is 0 Å². The fourth-order valence-corrected chi connectivity index (χ4v) is 6.41. The normalized spacial score (nSPS) is 10.6. The van der Waals surface area contributed by atoms with Gasteiger partial charge in [-0.25, -0.2) is 4.39 Å². The van der Waals surface area contributed by atoms with E-state index in [1.165, 1.54) is 17.8 Å². The maximum absolute atomic E-state index is 15.6. The predicted molar refractivity (Wildman–Crippen MR) is 151 cm³/mol. The van der Waals surface area contributed by atoms with E-state index in [4.69, 9.17) is 46.4 Å². The molecule has 0 atom stereocenters. The molecule has 0 amide bonds. The van der Waals surface area contributed by atoms with Gasteiger partial charge in [0, 0.05) is 31.3 Å². The number of halogens is 5. The molecule has 184 valence electrons. The molecule has 0 aliphatic heterocycles. The van der Waals surface area contributed by atoms with Gasteiger partial charge in [0.15, 0.2) is 0 Å². The Morgan fingerprint density at radius 1 is 0.757 bits per heavy atom. The van der Waals surface area contributed by atoms with Gasteiger partial charge in [0.1, 0.15) is 18.0 Å². The Kier molecular flexibility index (Phi) is 9.16. The lowest BCUT2D eigenvalue weighted by Gasteiger charge is -2.15. The van der Waals surface area contributed by atoms with E-state index in [0.29, 0.717) is 50.9 Å². The van der Waals surface area contributed by atoms with Crippen molar-refractivity contribution < 1.29 is 4.39 Å². The predicted octanol–water partition coefficient (Wildman–Crippen LogP) is 10.1. The largest absolute Gasteiger partial charge is 0.380 e. The van der Waals surface area contributed by atoms with Gasteiger partial charge in [-0.05, 0) is 66.2 Å². The zero-order valence-electron chi connectivity index (χ0n) is 18.7. The third-order valence-electron chi connectivity index (χ3n) is 5.07. The maximum atomic E-state index is 15.6. The Labute approximate surface area is 242 Å². The van der Waals surface area contributed by atoms with Crippen molar-refractivity contribution in [3.05, 3.63) is 109 Å². The molecule has 0 bridgehead atoms. The summed E-state index contributed by atoms with van der Waals surface area (Å²) in [7, 11) is 0. The number of nitrogens with zero attached hydrogens (tertiary/aromatic N) is 2. The highest BCUT2D eigenvalue weighted by molar-refractivity contribution is 8.02. The summed E-state index contributed by atoms with van der Waals surface area (Å²) < 4.78 is 15.6. The molecule has 0 unspecified atom stereocenters. The van der Waals surface area contributed by atoms with E-state index in [9.17, 15) is 10.5 Å². The monoisotopic (exact) mass is 603 g/mol. The summed E-state index contributed by atoms with van der Waals surface area (Å²) in [5, 5.41) is 23.8. The van der Waals surface area contributed by atoms with E-state index >= 15 is 4.39 Å². The summed E-state index contributed by atoms with van der Waals surface area (Å²) in [4.78, 5) is 2.20. The summed E-state index contributed by atoms with van der Waals surface area (Å²) in [5.41, 5.74) is 1.59. The Bertz CT molecular complexity index is 1580. The van der Waals surface area contributed by atoms with E-state index in [0.717, 1.165) is 11.8 Å². The Balaban J connectivity index is 1.73. The molecule has 0 spiro atoms.